The summed E-state index contributed by atoms with van der Waals surface area (Å²) in [5, 5.41) is 12.7. The predicted molar refractivity (Wildman–Crippen MR) is 94.6 cm³/mol. The Morgan fingerprint density at radius 3 is 2.76 bits per heavy atom. The zero-order valence-corrected chi connectivity index (χ0v) is 13.7. The molecule has 126 valence electrons. The number of hydrogen-bond acceptors (Lipinski definition) is 4. The van der Waals surface area contributed by atoms with Crippen LogP contribution in [-0.4, -0.2) is 23.7 Å². The van der Waals surface area contributed by atoms with Crippen molar-refractivity contribution < 1.29 is 14.2 Å². The quantitative estimate of drug-likeness (QED) is 0.754. The second-order valence-electron chi connectivity index (χ2n) is 6.00. The molecule has 5 heteroatoms. The Bertz CT molecular complexity index is 943. The summed E-state index contributed by atoms with van der Waals surface area (Å²) in [7, 11) is 1.66. The topological polar surface area (TPSA) is 54.4 Å². The summed E-state index contributed by atoms with van der Waals surface area (Å²) >= 11 is 0. The van der Waals surface area contributed by atoms with Crippen LogP contribution in [0.1, 0.15) is 17.0 Å². The summed E-state index contributed by atoms with van der Waals surface area (Å²) < 4.78 is 19.2. The lowest BCUT2D eigenvalue weighted by atomic mass is 9.92. The third-order valence-electron chi connectivity index (χ3n) is 4.56. The van der Waals surface area contributed by atoms with Crippen LogP contribution in [0.15, 0.2) is 54.7 Å². The van der Waals surface area contributed by atoms with E-state index in [2.05, 4.69) is 10.3 Å². The van der Waals surface area contributed by atoms with E-state index in [9.17, 15) is 9.50 Å². The van der Waals surface area contributed by atoms with Gasteiger partial charge in [0.05, 0.1) is 7.11 Å². The molecule has 0 saturated carbocycles. The lowest BCUT2D eigenvalue weighted by molar-refractivity contribution is 0.408. The first-order valence-corrected chi connectivity index (χ1v) is 8.03. The molecule has 1 aromatic heterocycles. The molecule has 4 rings (SSSR count). The van der Waals surface area contributed by atoms with E-state index in [4.69, 9.17) is 4.74 Å². The summed E-state index contributed by atoms with van der Waals surface area (Å²) in [6.45, 7) is 0.732. The zero-order chi connectivity index (χ0) is 17.4. The third kappa shape index (κ3) is 2.67. The van der Waals surface area contributed by atoms with Crippen molar-refractivity contribution in [1.82, 2.24) is 4.98 Å². The zero-order valence-electron chi connectivity index (χ0n) is 13.7. The van der Waals surface area contributed by atoms with Crippen LogP contribution in [0.4, 0.5) is 10.2 Å². The number of hydrogen-bond donors (Lipinski definition) is 2. The maximum Gasteiger partial charge on any atom is 0.165 e. The largest absolute Gasteiger partial charge is 0.505 e. The fourth-order valence-electron chi connectivity index (χ4n) is 3.28. The van der Waals surface area contributed by atoms with Gasteiger partial charge in [0.25, 0.3) is 0 Å². The standard InChI is InChI=1S/C20H17FN2O2/c1-25-19-5-3-2-4-14(19)16-11-23-20-15(16)8-13(10-22-20)12-6-7-18(24)17(21)9-12/h2-10,16,24H,11H2,1H3,(H,22,23). The van der Waals surface area contributed by atoms with Gasteiger partial charge in [0.15, 0.2) is 11.6 Å². The number of ether oxygens (including phenoxy) is 1. The molecule has 0 saturated heterocycles. The first kappa shape index (κ1) is 15.4. The molecule has 2 N–H and O–H groups in total. The molecule has 3 aromatic rings. The van der Waals surface area contributed by atoms with Gasteiger partial charge in [-0.25, -0.2) is 9.37 Å². The molecule has 1 aliphatic heterocycles. The summed E-state index contributed by atoms with van der Waals surface area (Å²) in [5.74, 6) is 0.784. The van der Waals surface area contributed by atoms with E-state index in [-0.39, 0.29) is 11.7 Å². The lowest BCUT2D eigenvalue weighted by Crippen LogP contribution is -2.05. The summed E-state index contributed by atoms with van der Waals surface area (Å²) in [4.78, 5) is 4.48. The molecule has 1 unspecified atom stereocenters. The van der Waals surface area contributed by atoms with Gasteiger partial charge in [-0.3, -0.25) is 0 Å². The number of phenolic OH excluding ortho intramolecular Hbond substituents is 1. The molecule has 2 heterocycles. The highest BCUT2D eigenvalue weighted by Gasteiger charge is 2.27. The van der Waals surface area contributed by atoms with E-state index < -0.39 is 5.82 Å². The Morgan fingerprint density at radius 2 is 1.96 bits per heavy atom. The molecule has 0 aliphatic carbocycles. The number of aromatic hydroxyl groups is 1. The Labute approximate surface area is 144 Å². The van der Waals surface area contributed by atoms with Crippen LogP contribution in [0.25, 0.3) is 11.1 Å². The van der Waals surface area contributed by atoms with Crippen LogP contribution in [0.2, 0.25) is 0 Å². The number of pyridine rings is 1. The number of methoxy groups -OCH3 is 1. The number of phenols is 1. The molecular formula is C20H17FN2O2. The van der Waals surface area contributed by atoms with Crippen molar-refractivity contribution in [2.45, 2.75) is 5.92 Å². The second-order valence-corrected chi connectivity index (χ2v) is 6.00. The molecular weight excluding hydrogens is 319 g/mol. The number of benzene rings is 2. The molecule has 0 bridgehead atoms. The number of halogens is 1. The van der Waals surface area contributed by atoms with Gasteiger partial charge in [-0.1, -0.05) is 24.3 Å². The Kier molecular flexibility index (Phi) is 3.76. The number of para-hydroxylation sites is 1. The van der Waals surface area contributed by atoms with Gasteiger partial charge in [-0.15, -0.1) is 0 Å². The van der Waals surface area contributed by atoms with E-state index >= 15 is 0 Å². The van der Waals surface area contributed by atoms with E-state index in [0.717, 1.165) is 34.8 Å². The van der Waals surface area contributed by atoms with Crippen LogP contribution in [0, 0.1) is 5.82 Å². The smallest absolute Gasteiger partial charge is 0.165 e. The average molecular weight is 336 g/mol. The number of anilines is 1. The monoisotopic (exact) mass is 336 g/mol. The Hall–Kier alpha value is -3.08. The predicted octanol–water partition coefficient (Wildman–Crippen LogP) is 4.16. The molecule has 4 nitrogen and oxygen atoms in total. The molecule has 25 heavy (non-hydrogen) atoms. The summed E-state index contributed by atoms with van der Waals surface area (Å²) in [5.41, 5.74) is 3.63. The van der Waals surface area contributed by atoms with Gasteiger partial charge in [-0.2, -0.15) is 0 Å². The Balaban J connectivity index is 1.78. The number of fused-ring (bicyclic) bond motifs is 1. The second kappa shape index (κ2) is 6.09. The minimum atomic E-state index is -0.641. The number of rotatable bonds is 3. The summed E-state index contributed by atoms with van der Waals surface area (Å²) in [6, 6.07) is 14.3. The molecule has 1 atom stereocenters. The fourth-order valence-corrected chi connectivity index (χ4v) is 3.28. The van der Waals surface area contributed by atoms with Crippen molar-refractivity contribution in [2.24, 2.45) is 0 Å². The van der Waals surface area contributed by atoms with E-state index in [0.29, 0.717) is 5.56 Å². The first-order valence-electron chi connectivity index (χ1n) is 8.03. The normalized spacial score (nSPS) is 15.5. The van der Waals surface area contributed by atoms with Gasteiger partial charge in [0.2, 0.25) is 0 Å². The van der Waals surface area contributed by atoms with Crippen LogP contribution in [0.5, 0.6) is 11.5 Å². The van der Waals surface area contributed by atoms with E-state index in [1.54, 1.807) is 19.4 Å². The van der Waals surface area contributed by atoms with Crippen molar-refractivity contribution in [1.29, 1.82) is 0 Å². The number of nitrogens with one attached hydrogen (secondary N) is 1. The van der Waals surface area contributed by atoms with E-state index in [1.807, 2.05) is 30.3 Å². The highest BCUT2D eigenvalue weighted by Crippen LogP contribution is 2.40. The molecule has 2 aromatic carbocycles. The summed E-state index contributed by atoms with van der Waals surface area (Å²) in [6.07, 6.45) is 1.71. The Morgan fingerprint density at radius 1 is 1.12 bits per heavy atom. The maximum absolute atomic E-state index is 13.7. The van der Waals surface area contributed by atoms with Gasteiger partial charge in [0, 0.05) is 35.3 Å². The van der Waals surface area contributed by atoms with Crippen LogP contribution in [-0.2, 0) is 0 Å². The number of aromatic nitrogens is 1. The molecule has 1 aliphatic rings. The van der Waals surface area contributed by atoms with Crippen molar-refractivity contribution >= 4 is 5.82 Å². The van der Waals surface area contributed by atoms with Gasteiger partial charge in [0.1, 0.15) is 11.6 Å². The minimum absolute atomic E-state index is 0.112. The van der Waals surface area contributed by atoms with Gasteiger partial charge in [-0.05, 0) is 29.8 Å². The van der Waals surface area contributed by atoms with Crippen LogP contribution in [0.3, 0.4) is 0 Å². The molecule has 0 fully saturated rings. The molecule has 0 spiro atoms. The SMILES string of the molecule is COc1ccccc1C1CNc2ncc(-c3ccc(O)c(F)c3)cc21. The van der Waals surface area contributed by atoms with Crippen molar-refractivity contribution in [3.63, 3.8) is 0 Å². The average Bonchev–Trinajstić information content (AvgIpc) is 3.07. The molecule has 0 amide bonds. The number of nitrogens with zero attached hydrogens (tertiary/aromatic N) is 1. The third-order valence-corrected chi connectivity index (χ3v) is 4.56. The highest BCUT2D eigenvalue weighted by atomic mass is 19.1. The van der Waals surface area contributed by atoms with Crippen LogP contribution >= 0.6 is 0 Å². The fraction of sp³-hybridized carbons (Fsp3) is 0.150. The van der Waals surface area contributed by atoms with Crippen molar-refractivity contribution in [3.05, 3.63) is 71.7 Å². The minimum Gasteiger partial charge on any atom is -0.505 e. The van der Waals surface area contributed by atoms with Gasteiger partial charge >= 0.3 is 0 Å². The van der Waals surface area contributed by atoms with Crippen molar-refractivity contribution in [2.75, 3.05) is 19.0 Å². The lowest BCUT2D eigenvalue weighted by Gasteiger charge is -2.15. The molecule has 0 radical (unpaired) electrons. The van der Waals surface area contributed by atoms with E-state index in [1.165, 1.54) is 12.1 Å². The highest BCUT2D eigenvalue weighted by molar-refractivity contribution is 5.69. The van der Waals surface area contributed by atoms with Crippen LogP contribution < -0.4 is 10.1 Å². The maximum atomic E-state index is 13.7. The van der Waals surface area contributed by atoms with Gasteiger partial charge < -0.3 is 15.2 Å². The first-order chi connectivity index (χ1) is 12.2. The van der Waals surface area contributed by atoms with Crippen molar-refractivity contribution in [3.8, 4) is 22.6 Å².